The van der Waals surface area contributed by atoms with Gasteiger partial charge in [-0.2, -0.15) is 0 Å². The summed E-state index contributed by atoms with van der Waals surface area (Å²) < 4.78 is 5.73. The van der Waals surface area contributed by atoms with Gasteiger partial charge in [0.1, 0.15) is 0 Å². The molecule has 2 aromatic rings. The van der Waals surface area contributed by atoms with Gasteiger partial charge in [-0.15, -0.1) is 0 Å². The first-order valence-electron chi connectivity index (χ1n) is 6.76. The van der Waals surface area contributed by atoms with Crippen LogP contribution in [0.1, 0.15) is 23.3 Å². The van der Waals surface area contributed by atoms with Crippen molar-refractivity contribution in [3.63, 3.8) is 0 Å². The van der Waals surface area contributed by atoms with Crippen molar-refractivity contribution in [2.24, 2.45) is 5.92 Å². The Hall–Kier alpha value is -2.07. The first-order valence-corrected chi connectivity index (χ1v) is 7.14. The highest BCUT2D eigenvalue weighted by Gasteiger charge is 2.23. The Morgan fingerprint density at radius 2 is 1.95 bits per heavy atom. The van der Waals surface area contributed by atoms with E-state index >= 15 is 0 Å². The highest BCUT2D eigenvalue weighted by Crippen LogP contribution is 2.33. The average molecular weight is 304 g/mol. The van der Waals surface area contributed by atoms with Crippen molar-refractivity contribution in [1.29, 1.82) is 0 Å². The minimum atomic E-state index is -1.06. The van der Waals surface area contributed by atoms with Crippen LogP contribution in [0.2, 0.25) is 5.02 Å². The Kier molecular flexibility index (Phi) is 3.80. The molecule has 1 heterocycles. The lowest BCUT2D eigenvalue weighted by molar-refractivity contribution is 0.0689. The van der Waals surface area contributed by atoms with E-state index in [-0.39, 0.29) is 5.69 Å². The SMILES string of the molecule is O=C(O)c1ccc(-c2ccc(Cl)cc2)c(OCC2CC2)n1. The topological polar surface area (TPSA) is 59.4 Å². The van der Waals surface area contributed by atoms with Crippen LogP contribution in [0.4, 0.5) is 0 Å². The molecule has 1 saturated carbocycles. The molecular weight excluding hydrogens is 290 g/mol. The van der Waals surface area contributed by atoms with Crippen molar-refractivity contribution in [1.82, 2.24) is 4.98 Å². The molecule has 108 valence electrons. The zero-order valence-corrected chi connectivity index (χ0v) is 12.0. The van der Waals surface area contributed by atoms with E-state index in [4.69, 9.17) is 21.4 Å². The zero-order chi connectivity index (χ0) is 14.8. The van der Waals surface area contributed by atoms with Gasteiger partial charge in [-0.3, -0.25) is 0 Å². The van der Waals surface area contributed by atoms with Crippen LogP contribution in [-0.2, 0) is 0 Å². The highest BCUT2D eigenvalue weighted by atomic mass is 35.5. The first-order chi connectivity index (χ1) is 10.1. The van der Waals surface area contributed by atoms with Crippen LogP contribution in [0.3, 0.4) is 0 Å². The Bertz CT molecular complexity index is 666. The molecule has 4 nitrogen and oxygen atoms in total. The minimum Gasteiger partial charge on any atom is -0.477 e. The van der Waals surface area contributed by atoms with E-state index in [1.807, 2.05) is 12.1 Å². The number of aromatic carboxylic acids is 1. The van der Waals surface area contributed by atoms with Crippen LogP contribution >= 0.6 is 11.6 Å². The number of nitrogens with zero attached hydrogens (tertiary/aromatic N) is 1. The number of carbonyl (C=O) groups is 1. The number of ether oxygens (including phenoxy) is 1. The van der Waals surface area contributed by atoms with E-state index in [9.17, 15) is 4.79 Å². The fourth-order valence-corrected chi connectivity index (χ4v) is 2.13. The van der Waals surface area contributed by atoms with Crippen molar-refractivity contribution in [2.75, 3.05) is 6.61 Å². The number of pyridine rings is 1. The van der Waals surface area contributed by atoms with E-state index in [0.29, 0.717) is 23.4 Å². The highest BCUT2D eigenvalue weighted by molar-refractivity contribution is 6.30. The molecular formula is C16H14ClNO3. The molecule has 0 spiro atoms. The molecule has 0 amide bonds. The summed E-state index contributed by atoms with van der Waals surface area (Å²) in [5, 5.41) is 9.71. The molecule has 0 aliphatic heterocycles. The summed E-state index contributed by atoms with van der Waals surface area (Å²) in [4.78, 5) is 15.2. The normalized spacial score (nSPS) is 14.0. The third-order valence-corrected chi connectivity index (χ3v) is 3.64. The molecule has 0 radical (unpaired) electrons. The lowest BCUT2D eigenvalue weighted by Crippen LogP contribution is -2.06. The standard InChI is InChI=1S/C16H14ClNO3/c17-12-5-3-11(4-6-12)13-7-8-14(16(19)20)18-15(13)21-9-10-1-2-10/h3-8,10H,1-2,9H2,(H,19,20). The van der Waals surface area contributed by atoms with Crippen molar-refractivity contribution in [3.05, 3.63) is 47.1 Å². The Morgan fingerprint density at radius 1 is 1.24 bits per heavy atom. The number of benzene rings is 1. The second kappa shape index (κ2) is 5.74. The molecule has 5 heteroatoms. The smallest absolute Gasteiger partial charge is 0.354 e. The van der Waals surface area contributed by atoms with Gasteiger partial charge in [0.2, 0.25) is 5.88 Å². The molecule has 1 aromatic carbocycles. The van der Waals surface area contributed by atoms with Gasteiger partial charge in [-0.05, 0) is 48.6 Å². The molecule has 3 rings (SSSR count). The number of carboxylic acids is 1. The molecule has 0 atom stereocenters. The number of carboxylic acid groups (broad SMARTS) is 1. The molecule has 1 aromatic heterocycles. The molecule has 0 unspecified atom stereocenters. The van der Waals surface area contributed by atoms with E-state index in [1.54, 1.807) is 18.2 Å². The minimum absolute atomic E-state index is 0.0153. The van der Waals surface area contributed by atoms with Crippen LogP contribution < -0.4 is 4.74 Å². The van der Waals surface area contributed by atoms with Crippen molar-refractivity contribution in [3.8, 4) is 17.0 Å². The van der Waals surface area contributed by atoms with Crippen molar-refractivity contribution < 1.29 is 14.6 Å². The summed E-state index contributed by atoms with van der Waals surface area (Å²) in [5.74, 6) is -0.128. The fourth-order valence-electron chi connectivity index (χ4n) is 2.00. The quantitative estimate of drug-likeness (QED) is 0.910. The van der Waals surface area contributed by atoms with Crippen molar-refractivity contribution in [2.45, 2.75) is 12.8 Å². The maximum Gasteiger partial charge on any atom is 0.354 e. The number of rotatable bonds is 5. The van der Waals surface area contributed by atoms with Gasteiger partial charge in [0.15, 0.2) is 5.69 Å². The number of hydrogen-bond acceptors (Lipinski definition) is 3. The van der Waals surface area contributed by atoms with Gasteiger partial charge in [0.05, 0.1) is 6.61 Å². The second-order valence-corrected chi connectivity index (χ2v) is 5.55. The van der Waals surface area contributed by atoms with Crippen LogP contribution in [0.25, 0.3) is 11.1 Å². The molecule has 0 saturated heterocycles. The van der Waals surface area contributed by atoms with Crippen LogP contribution in [-0.4, -0.2) is 22.7 Å². The predicted octanol–water partition coefficient (Wildman–Crippen LogP) is 3.89. The maximum absolute atomic E-state index is 11.1. The van der Waals surface area contributed by atoms with Crippen LogP contribution in [0.5, 0.6) is 5.88 Å². The molecule has 1 aliphatic rings. The predicted molar refractivity (Wildman–Crippen MR) is 79.9 cm³/mol. The van der Waals surface area contributed by atoms with E-state index in [0.717, 1.165) is 24.0 Å². The summed E-state index contributed by atoms with van der Waals surface area (Å²) in [5.41, 5.74) is 1.66. The van der Waals surface area contributed by atoms with Gasteiger partial charge >= 0.3 is 5.97 Å². The molecule has 1 aliphatic carbocycles. The van der Waals surface area contributed by atoms with E-state index < -0.39 is 5.97 Å². The van der Waals surface area contributed by atoms with E-state index in [1.165, 1.54) is 6.07 Å². The van der Waals surface area contributed by atoms with Crippen LogP contribution in [0, 0.1) is 5.92 Å². The Labute approximate surface area is 127 Å². The molecule has 0 bridgehead atoms. The number of aromatic nitrogens is 1. The van der Waals surface area contributed by atoms with Gasteiger partial charge in [0.25, 0.3) is 0 Å². The fraction of sp³-hybridized carbons (Fsp3) is 0.250. The van der Waals surface area contributed by atoms with Crippen LogP contribution in [0.15, 0.2) is 36.4 Å². The lowest BCUT2D eigenvalue weighted by atomic mass is 10.1. The zero-order valence-electron chi connectivity index (χ0n) is 11.3. The molecule has 21 heavy (non-hydrogen) atoms. The Balaban J connectivity index is 1.96. The summed E-state index contributed by atoms with van der Waals surface area (Å²) in [7, 11) is 0. The van der Waals surface area contributed by atoms with E-state index in [2.05, 4.69) is 4.98 Å². The summed E-state index contributed by atoms with van der Waals surface area (Å²) in [6.45, 7) is 0.580. The lowest BCUT2D eigenvalue weighted by Gasteiger charge is -2.11. The van der Waals surface area contributed by atoms with Gasteiger partial charge < -0.3 is 9.84 Å². The first kappa shape index (κ1) is 13.9. The maximum atomic E-state index is 11.1. The largest absolute Gasteiger partial charge is 0.477 e. The van der Waals surface area contributed by atoms with Gasteiger partial charge in [-0.25, -0.2) is 9.78 Å². The van der Waals surface area contributed by atoms with Gasteiger partial charge in [-0.1, -0.05) is 23.7 Å². The summed E-state index contributed by atoms with van der Waals surface area (Å²) >= 11 is 5.89. The average Bonchev–Trinajstić information content (AvgIpc) is 3.30. The second-order valence-electron chi connectivity index (χ2n) is 5.12. The molecule has 1 N–H and O–H groups in total. The monoisotopic (exact) mass is 303 g/mol. The van der Waals surface area contributed by atoms with Crippen molar-refractivity contribution >= 4 is 17.6 Å². The number of halogens is 1. The third-order valence-electron chi connectivity index (χ3n) is 3.39. The van der Waals surface area contributed by atoms with Gasteiger partial charge in [0, 0.05) is 10.6 Å². The molecule has 1 fully saturated rings. The third kappa shape index (κ3) is 3.34. The summed E-state index contributed by atoms with van der Waals surface area (Å²) in [6.07, 6.45) is 2.32. The number of hydrogen-bond donors (Lipinski definition) is 1. The summed E-state index contributed by atoms with van der Waals surface area (Å²) in [6, 6.07) is 10.5. The Morgan fingerprint density at radius 3 is 2.57 bits per heavy atom.